The van der Waals surface area contributed by atoms with Crippen LogP contribution in [0.25, 0.3) is 0 Å². The Hall–Kier alpha value is -2.63. The summed E-state index contributed by atoms with van der Waals surface area (Å²) in [5.74, 6) is 0.0521. The van der Waals surface area contributed by atoms with Gasteiger partial charge in [-0.25, -0.2) is 0 Å². The van der Waals surface area contributed by atoms with E-state index in [0.717, 1.165) is 0 Å². The van der Waals surface area contributed by atoms with Gasteiger partial charge in [0, 0.05) is 11.3 Å². The molecule has 0 aliphatic heterocycles. The highest BCUT2D eigenvalue weighted by Crippen LogP contribution is 2.52. The van der Waals surface area contributed by atoms with Crippen molar-refractivity contribution in [1.29, 1.82) is 0 Å². The maximum absolute atomic E-state index is 13.6. The van der Waals surface area contributed by atoms with Crippen LogP contribution in [0.3, 0.4) is 0 Å². The average Bonchev–Trinajstić information content (AvgIpc) is 2.90. The first kappa shape index (κ1) is 25.5. The lowest BCUT2D eigenvalue weighted by molar-refractivity contribution is -0.121. The molecule has 0 aliphatic rings. The van der Waals surface area contributed by atoms with Crippen molar-refractivity contribution in [1.82, 2.24) is 0 Å². The fraction of sp³-hybridized carbons (Fsp3) is 0.194. The first-order chi connectivity index (χ1) is 16.9. The van der Waals surface area contributed by atoms with Crippen molar-refractivity contribution in [2.24, 2.45) is 5.73 Å². The van der Waals surface area contributed by atoms with Crippen LogP contribution in [0.2, 0.25) is 0 Å². The number of carbonyl (C=O) groups is 1. The van der Waals surface area contributed by atoms with E-state index in [1.165, 1.54) is 21.2 Å². The molecule has 35 heavy (non-hydrogen) atoms. The molecule has 0 radical (unpaired) electrons. The van der Waals surface area contributed by atoms with E-state index in [9.17, 15) is 4.79 Å². The van der Waals surface area contributed by atoms with Crippen molar-refractivity contribution in [3.63, 3.8) is 0 Å². The van der Waals surface area contributed by atoms with Gasteiger partial charge < -0.3 is 5.73 Å². The Morgan fingerprint density at radius 1 is 0.571 bits per heavy atom. The van der Waals surface area contributed by atoms with Gasteiger partial charge in [-0.3, -0.25) is 4.79 Å². The summed E-state index contributed by atoms with van der Waals surface area (Å²) in [5, 5.41) is 4.97. The first-order valence-electron chi connectivity index (χ1n) is 12.0. The Balaban J connectivity index is 1.85. The summed E-state index contributed by atoms with van der Waals surface area (Å²) in [5.41, 5.74) is 6.23. The van der Waals surface area contributed by atoms with E-state index in [-0.39, 0.29) is 17.1 Å². The van der Waals surface area contributed by atoms with Crippen LogP contribution in [-0.2, 0) is 4.79 Å². The number of carbonyl (C=O) groups excluding carboxylic acids is 1. The number of nitrogens with two attached hydrogens (primary N) is 1. The third kappa shape index (κ3) is 5.31. The van der Waals surface area contributed by atoms with Gasteiger partial charge in [0.15, 0.2) is 5.78 Å². The third-order valence-corrected chi connectivity index (χ3v) is 12.7. The largest absolute Gasteiger partial charge is 0.318 e. The van der Waals surface area contributed by atoms with E-state index < -0.39 is 21.4 Å². The summed E-state index contributed by atoms with van der Waals surface area (Å²) in [6, 6.07) is 42.2. The minimum absolute atomic E-state index is 0.0521. The summed E-state index contributed by atoms with van der Waals surface area (Å²) < 4.78 is 0. The number of Topliss-reactive ketones (excluding diaryl/α,β-unsaturated/α-hetero) is 1. The standard InChI is InChI=1S/C31H33NOP2/c1-24(33)31(32,25(2)34(27-16-8-4-9-17-27)28-18-10-5-11-19-28)26(3)35(29-20-12-6-13-21-29)30-22-14-7-15-23-30/h4-23,25-26H,32H2,1-3H3. The van der Waals surface area contributed by atoms with Crippen molar-refractivity contribution in [3.8, 4) is 0 Å². The Labute approximate surface area is 212 Å². The lowest BCUT2D eigenvalue weighted by atomic mass is 9.89. The van der Waals surface area contributed by atoms with E-state index >= 15 is 0 Å². The topological polar surface area (TPSA) is 43.1 Å². The zero-order valence-electron chi connectivity index (χ0n) is 20.6. The van der Waals surface area contributed by atoms with Crippen LogP contribution in [0.5, 0.6) is 0 Å². The van der Waals surface area contributed by atoms with Crippen molar-refractivity contribution >= 4 is 42.8 Å². The number of benzene rings is 4. The van der Waals surface area contributed by atoms with Gasteiger partial charge in [-0.1, -0.05) is 135 Å². The molecule has 0 amide bonds. The maximum Gasteiger partial charge on any atom is 0.150 e. The van der Waals surface area contributed by atoms with E-state index in [2.05, 4.69) is 111 Å². The first-order valence-corrected chi connectivity index (χ1v) is 14.9. The van der Waals surface area contributed by atoms with Crippen molar-refractivity contribution < 1.29 is 4.79 Å². The molecule has 0 bridgehead atoms. The summed E-state index contributed by atoms with van der Waals surface area (Å²) in [6.07, 6.45) is 0. The molecular weight excluding hydrogens is 464 g/mol. The van der Waals surface area contributed by atoms with Gasteiger partial charge in [0.25, 0.3) is 0 Å². The van der Waals surface area contributed by atoms with Gasteiger partial charge >= 0.3 is 0 Å². The maximum atomic E-state index is 13.6. The van der Waals surface area contributed by atoms with E-state index in [1.54, 1.807) is 6.92 Å². The second-order valence-electron chi connectivity index (χ2n) is 8.92. The van der Waals surface area contributed by atoms with E-state index in [0.29, 0.717) is 0 Å². The molecule has 2 nitrogen and oxygen atoms in total. The highest BCUT2D eigenvalue weighted by molar-refractivity contribution is 7.75. The number of rotatable bonds is 9. The van der Waals surface area contributed by atoms with Crippen LogP contribution < -0.4 is 27.0 Å². The van der Waals surface area contributed by atoms with Crippen LogP contribution in [0, 0.1) is 0 Å². The quantitative estimate of drug-likeness (QED) is 0.318. The molecule has 0 aromatic heterocycles. The molecule has 0 heterocycles. The van der Waals surface area contributed by atoms with Crippen LogP contribution in [-0.4, -0.2) is 22.6 Å². The highest BCUT2D eigenvalue weighted by atomic mass is 31.1. The predicted octanol–water partition coefficient (Wildman–Crippen LogP) is 5.32. The average molecular weight is 498 g/mol. The molecule has 2 atom stereocenters. The van der Waals surface area contributed by atoms with E-state index in [1.807, 2.05) is 24.3 Å². The molecule has 0 saturated heterocycles. The Bertz CT molecular complexity index is 1050. The third-order valence-electron chi connectivity index (χ3n) is 6.90. The van der Waals surface area contributed by atoms with Crippen molar-refractivity contribution in [2.45, 2.75) is 37.6 Å². The zero-order chi connectivity index (χ0) is 24.8. The van der Waals surface area contributed by atoms with Crippen LogP contribution in [0.4, 0.5) is 0 Å². The minimum atomic E-state index is -1.01. The molecule has 0 saturated carbocycles. The highest BCUT2D eigenvalue weighted by Gasteiger charge is 2.49. The van der Waals surface area contributed by atoms with Crippen molar-refractivity contribution in [3.05, 3.63) is 121 Å². The second kappa shape index (κ2) is 11.4. The zero-order valence-corrected chi connectivity index (χ0v) is 22.4. The monoisotopic (exact) mass is 497 g/mol. The summed E-state index contributed by atoms with van der Waals surface area (Å²) in [4.78, 5) is 13.6. The molecule has 178 valence electrons. The number of hydrogen-bond acceptors (Lipinski definition) is 2. The summed E-state index contributed by atoms with van der Waals surface area (Å²) >= 11 is 0. The summed E-state index contributed by atoms with van der Waals surface area (Å²) in [7, 11) is -1.73. The van der Waals surface area contributed by atoms with Crippen molar-refractivity contribution in [2.75, 3.05) is 0 Å². The molecule has 0 fully saturated rings. The summed E-state index contributed by atoms with van der Waals surface area (Å²) in [6.45, 7) is 6.06. The molecule has 4 heteroatoms. The molecule has 4 rings (SSSR count). The number of hydrogen-bond donors (Lipinski definition) is 1. The number of ketones is 1. The minimum Gasteiger partial charge on any atom is -0.318 e. The Kier molecular flexibility index (Phi) is 8.30. The molecular formula is C31H33NOP2. The molecule has 0 spiro atoms. The van der Waals surface area contributed by atoms with Crippen LogP contribution in [0.1, 0.15) is 20.8 Å². The lowest BCUT2D eigenvalue weighted by Gasteiger charge is -2.45. The molecule has 4 aromatic rings. The van der Waals surface area contributed by atoms with Gasteiger partial charge in [-0.15, -0.1) is 0 Å². The lowest BCUT2D eigenvalue weighted by Crippen LogP contribution is -2.63. The van der Waals surface area contributed by atoms with Gasteiger partial charge in [0.1, 0.15) is 0 Å². The predicted molar refractivity (Wildman–Crippen MR) is 155 cm³/mol. The molecule has 2 N–H and O–H groups in total. The second-order valence-corrected chi connectivity index (χ2v) is 14.0. The normalized spacial score (nSPS) is 14.9. The Morgan fingerprint density at radius 3 is 1.00 bits per heavy atom. The fourth-order valence-electron chi connectivity index (χ4n) is 4.91. The van der Waals surface area contributed by atoms with Gasteiger partial charge in [0.05, 0.1) is 5.54 Å². The van der Waals surface area contributed by atoms with Gasteiger partial charge in [0.2, 0.25) is 0 Å². The van der Waals surface area contributed by atoms with Crippen LogP contribution >= 0.6 is 15.8 Å². The SMILES string of the molecule is CC(=O)C(N)(C(C)P(c1ccccc1)c1ccccc1)C(C)P(c1ccccc1)c1ccccc1. The van der Waals surface area contributed by atoms with E-state index in [4.69, 9.17) is 5.73 Å². The van der Waals surface area contributed by atoms with Gasteiger partial charge in [-0.05, 0) is 44.0 Å². The fourth-order valence-corrected chi connectivity index (χ4v) is 11.1. The molecule has 4 aromatic carbocycles. The smallest absolute Gasteiger partial charge is 0.150 e. The van der Waals surface area contributed by atoms with Gasteiger partial charge in [-0.2, -0.15) is 0 Å². The molecule has 2 unspecified atom stereocenters. The van der Waals surface area contributed by atoms with Crippen LogP contribution in [0.15, 0.2) is 121 Å². The molecule has 0 aliphatic carbocycles. The Morgan fingerprint density at radius 2 is 0.800 bits per heavy atom.